The van der Waals surface area contributed by atoms with Crippen molar-refractivity contribution >= 4 is 23.5 Å². The maximum atomic E-state index is 12.3. The van der Waals surface area contributed by atoms with E-state index in [1.165, 1.54) is 20.3 Å². The van der Waals surface area contributed by atoms with Crippen molar-refractivity contribution in [3.05, 3.63) is 23.8 Å². The molecular weight excluding hydrogens is 312 g/mol. The molecule has 7 nitrogen and oxygen atoms in total. The van der Waals surface area contributed by atoms with Crippen LogP contribution in [0, 0.1) is 5.41 Å². The number of hydrogen-bond acceptors (Lipinski definition) is 5. The molecule has 0 saturated carbocycles. The molecule has 0 saturated heterocycles. The fourth-order valence-electron chi connectivity index (χ4n) is 1.76. The van der Waals surface area contributed by atoms with Crippen LogP contribution in [0.2, 0.25) is 0 Å². The topological polar surface area (TPSA) is 93.7 Å². The fourth-order valence-corrected chi connectivity index (χ4v) is 1.76. The van der Waals surface area contributed by atoms with E-state index in [0.717, 1.165) is 0 Å². The van der Waals surface area contributed by atoms with E-state index in [4.69, 9.17) is 9.47 Å². The smallest absolute Gasteiger partial charge is 0.340 e. The van der Waals surface area contributed by atoms with Gasteiger partial charge >= 0.3 is 5.97 Å². The van der Waals surface area contributed by atoms with E-state index in [-0.39, 0.29) is 17.2 Å². The molecule has 0 aliphatic rings. The van der Waals surface area contributed by atoms with Crippen LogP contribution in [-0.2, 0) is 14.3 Å². The Morgan fingerprint density at radius 3 is 2.25 bits per heavy atom. The van der Waals surface area contributed by atoms with E-state index < -0.39 is 23.3 Å². The van der Waals surface area contributed by atoms with Crippen molar-refractivity contribution in [3.8, 4) is 5.75 Å². The maximum Gasteiger partial charge on any atom is 0.340 e. The SMILES string of the molecule is COC(=O)c1cc(OC)ccc1NC(=O)[C@@H](C)NC(=O)C(C)(C)C. The lowest BCUT2D eigenvalue weighted by Crippen LogP contribution is -2.46. The van der Waals surface area contributed by atoms with E-state index >= 15 is 0 Å². The monoisotopic (exact) mass is 336 g/mol. The number of nitrogens with one attached hydrogen (secondary N) is 2. The van der Waals surface area contributed by atoms with E-state index in [0.29, 0.717) is 5.75 Å². The van der Waals surface area contributed by atoms with Crippen LogP contribution < -0.4 is 15.4 Å². The van der Waals surface area contributed by atoms with Crippen molar-refractivity contribution in [2.24, 2.45) is 5.41 Å². The van der Waals surface area contributed by atoms with Crippen LogP contribution in [0.5, 0.6) is 5.75 Å². The molecule has 0 spiro atoms. The number of amides is 2. The maximum absolute atomic E-state index is 12.3. The predicted molar refractivity (Wildman–Crippen MR) is 90.0 cm³/mol. The molecule has 0 aliphatic carbocycles. The number of carbonyl (C=O) groups is 3. The Kier molecular flexibility index (Phi) is 6.34. The van der Waals surface area contributed by atoms with E-state index in [1.54, 1.807) is 39.8 Å². The molecule has 0 aliphatic heterocycles. The number of ether oxygens (including phenoxy) is 2. The van der Waals surface area contributed by atoms with Gasteiger partial charge < -0.3 is 20.1 Å². The number of benzene rings is 1. The third kappa shape index (κ3) is 4.97. The average Bonchev–Trinajstić information content (AvgIpc) is 2.53. The number of carbonyl (C=O) groups excluding carboxylic acids is 3. The molecule has 0 unspecified atom stereocenters. The summed E-state index contributed by atoms with van der Waals surface area (Å²) in [6, 6.07) is 3.87. The summed E-state index contributed by atoms with van der Waals surface area (Å²) in [5, 5.41) is 5.26. The first kappa shape index (κ1) is 19.5. The van der Waals surface area contributed by atoms with Crippen molar-refractivity contribution in [2.75, 3.05) is 19.5 Å². The Morgan fingerprint density at radius 1 is 1.12 bits per heavy atom. The van der Waals surface area contributed by atoms with Gasteiger partial charge in [0.2, 0.25) is 11.8 Å². The normalized spacial score (nSPS) is 12.1. The van der Waals surface area contributed by atoms with Crippen LogP contribution in [0.1, 0.15) is 38.1 Å². The first-order valence-electron chi connectivity index (χ1n) is 7.48. The minimum atomic E-state index is -0.760. The highest BCUT2D eigenvalue weighted by Crippen LogP contribution is 2.23. The highest BCUT2D eigenvalue weighted by molar-refractivity contribution is 6.03. The summed E-state index contributed by atoms with van der Waals surface area (Å²) in [5.41, 5.74) is -0.157. The average molecular weight is 336 g/mol. The van der Waals surface area contributed by atoms with E-state index in [9.17, 15) is 14.4 Å². The van der Waals surface area contributed by atoms with Crippen molar-refractivity contribution < 1.29 is 23.9 Å². The van der Waals surface area contributed by atoms with Gasteiger partial charge in [-0.1, -0.05) is 20.8 Å². The van der Waals surface area contributed by atoms with Crippen molar-refractivity contribution in [1.82, 2.24) is 5.32 Å². The molecule has 2 amide bonds. The molecule has 1 aromatic carbocycles. The highest BCUT2D eigenvalue weighted by atomic mass is 16.5. The first-order chi connectivity index (χ1) is 11.1. The minimum Gasteiger partial charge on any atom is -0.497 e. The van der Waals surface area contributed by atoms with Crippen LogP contribution in [-0.4, -0.2) is 38.0 Å². The first-order valence-corrected chi connectivity index (χ1v) is 7.48. The van der Waals surface area contributed by atoms with Gasteiger partial charge in [-0.3, -0.25) is 9.59 Å². The van der Waals surface area contributed by atoms with Crippen molar-refractivity contribution in [3.63, 3.8) is 0 Å². The molecule has 0 heterocycles. The highest BCUT2D eigenvalue weighted by Gasteiger charge is 2.25. The van der Waals surface area contributed by atoms with Gasteiger partial charge in [-0.2, -0.15) is 0 Å². The largest absolute Gasteiger partial charge is 0.497 e. The lowest BCUT2D eigenvalue weighted by molar-refractivity contribution is -0.131. The Labute approximate surface area is 141 Å². The number of rotatable bonds is 5. The Balaban J connectivity index is 2.93. The van der Waals surface area contributed by atoms with Crippen molar-refractivity contribution in [1.29, 1.82) is 0 Å². The molecule has 2 N–H and O–H groups in total. The summed E-state index contributed by atoms with van der Waals surface area (Å²) >= 11 is 0. The Morgan fingerprint density at radius 2 is 1.75 bits per heavy atom. The van der Waals surface area contributed by atoms with E-state index in [1.807, 2.05) is 0 Å². The molecule has 1 rings (SSSR count). The number of hydrogen-bond donors (Lipinski definition) is 2. The Hall–Kier alpha value is -2.57. The van der Waals surface area contributed by atoms with Gasteiger partial charge in [-0.05, 0) is 25.1 Å². The van der Waals surface area contributed by atoms with Gasteiger partial charge in [0.15, 0.2) is 0 Å². The predicted octanol–water partition coefficient (Wildman–Crippen LogP) is 1.97. The molecule has 1 aromatic rings. The Bertz CT molecular complexity index is 634. The second-order valence-corrected chi connectivity index (χ2v) is 6.34. The molecule has 0 fully saturated rings. The third-order valence-electron chi connectivity index (χ3n) is 3.31. The lowest BCUT2D eigenvalue weighted by Gasteiger charge is -2.21. The molecule has 7 heteroatoms. The minimum absolute atomic E-state index is 0.166. The second-order valence-electron chi connectivity index (χ2n) is 6.34. The van der Waals surface area contributed by atoms with Gasteiger partial charge in [-0.25, -0.2) is 4.79 Å². The molecule has 24 heavy (non-hydrogen) atoms. The van der Waals surface area contributed by atoms with Gasteiger partial charge in [0.05, 0.1) is 25.5 Å². The summed E-state index contributed by atoms with van der Waals surface area (Å²) < 4.78 is 9.78. The quantitative estimate of drug-likeness (QED) is 0.802. The summed E-state index contributed by atoms with van der Waals surface area (Å²) in [6.07, 6.45) is 0. The lowest BCUT2D eigenvalue weighted by atomic mass is 9.95. The summed E-state index contributed by atoms with van der Waals surface area (Å²) in [6.45, 7) is 6.84. The van der Waals surface area contributed by atoms with E-state index in [2.05, 4.69) is 10.6 Å². The van der Waals surface area contributed by atoms with Crippen LogP contribution in [0.25, 0.3) is 0 Å². The fraction of sp³-hybridized carbons (Fsp3) is 0.471. The number of anilines is 1. The molecular formula is C17H24N2O5. The van der Waals surface area contributed by atoms with Gasteiger partial charge in [0.25, 0.3) is 0 Å². The molecule has 0 radical (unpaired) electrons. The standard InChI is InChI=1S/C17H24N2O5/c1-10(18-16(22)17(2,3)4)14(20)19-13-8-7-11(23-5)9-12(13)15(21)24-6/h7-10H,1-6H3,(H,18,22)(H,19,20)/t10-/m1/s1. The zero-order valence-corrected chi connectivity index (χ0v) is 14.9. The van der Waals surface area contributed by atoms with Gasteiger partial charge in [-0.15, -0.1) is 0 Å². The number of esters is 1. The van der Waals surface area contributed by atoms with Crippen molar-refractivity contribution in [2.45, 2.75) is 33.7 Å². The number of methoxy groups -OCH3 is 2. The van der Waals surface area contributed by atoms with Crippen LogP contribution in [0.3, 0.4) is 0 Å². The molecule has 0 aromatic heterocycles. The zero-order chi connectivity index (χ0) is 18.5. The second kappa shape index (κ2) is 7.81. The van der Waals surface area contributed by atoms with Gasteiger partial charge in [0.1, 0.15) is 11.8 Å². The van der Waals surface area contributed by atoms with Crippen LogP contribution in [0.4, 0.5) is 5.69 Å². The summed E-state index contributed by atoms with van der Waals surface area (Å²) in [5.74, 6) is -0.825. The summed E-state index contributed by atoms with van der Waals surface area (Å²) in [7, 11) is 2.72. The third-order valence-corrected chi connectivity index (χ3v) is 3.31. The van der Waals surface area contributed by atoms with Crippen LogP contribution >= 0.6 is 0 Å². The van der Waals surface area contributed by atoms with Gasteiger partial charge in [0, 0.05) is 5.41 Å². The van der Waals surface area contributed by atoms with Crippen LogP contribution in [0.15, 0.2) is 18.2 Å². The zero-order valence-electron chi connectivity index (χ0n) is 14.9. The molecule has 1 atom stereocenters. The molecule has 132 valence electrons. The molecule has 0 bridgehead atoms. The summed E-state index contributed by atoms with van der Waals surface area (Å²) in [4.78, 5) is 36.1.